The molecule has 1 aromatic heterocycles. The van der Waals surface area contributed by atoms with Crippen LogP contribution in [0.2, 0.25) is 0 Å². The lowest BCUT2D eigenvalue weighted by Crippen LogP contribution is -2.12. The molecule has 0 radical (unpaired) electrons. The second-order valence-electron chi connectivity index (χ2n) is 4.11. The van der Waals surface area contributed by atoms with E-state index < -0.39 is 11.7 Å². The van der Waals surface area contributed by atoms with E-state index >= 15 is 0 Å². The van der Waals surface area contributed by atoms with Gasteiger partial charge in [-0.2, -0.15) is 0 Å². The first kappa shape index (κ1) is 13.9. The minimum Gasteiger partial charge on any atom is -0.394 e. The fourth-order valence-electron chi connectivity index (χ4n) is 1.63. The molecule has 8 heteroatoms. The molecule has 0 unspecified atom stereocenters. The van der Waals surface area contributed by atoms with Crippen molar-refractivity contribution in [3.8, 4) is 0 Å². The van der Waals surface area contributed by atoms with Crippen molar-refractivity contribution in [1.82, 2.24) is 15.0 Å². The normalized spacial score (nSPS) is 10.5. The zero-order chi connectivity index (χ0) is 14.5. The van der Waals surface area contributed by atoms with Gasteiger partial charge in [0, 0.05) is 5.56 Å². The van der Waals surface area contributed by atoms with Crippen LogP contribution in [0.5, 0.6) is 0 Å². The number of carbonyl (C=O) groups excluding carboxylic acids is 1. The number of hydrogen-bond acceptors (Lipinski definition) is 5. The van der Waals surface area contributed by atoms with E-state index in [1.54, 1.807) is 6.20 Å². The van der Waals surface area contributed by atoms with Crippen LogP contribution >= 0.6 is 0 Å². The number of carbonyl (C=O) groups is 1. The molecule has 4 N–H and O–H groups in total. The third kappa shape index (κ3) is 3.29. The Morgan fingerprint density at radius 1 is 1.50 bits per heavy atom. The number of primary amides is 1. The van der Waals surface area contributed by atoms with E-state index in [0.717, 1.165) is 0 Å². The summed E-state index contributed by atoms with van der Waals surface area (Å²) in [4.78, 5) is 11.0. The van der Waals surface area contributed by atoms with Gasteiger partial charge in [-0.15, -0.1) is 5.10 Å². The summed E-state index contributed by atoms with van der Waals surface area (Å²) in [6, 6.07) is 3.83. The van der Waals surface area contributed by atoms with E-state index in [0.29, 0.717) is 12.2 Å². The number of aliphatic hydroxyl groups excluding tert-OH is 1. The maximum atomic E-state index is 13.6. The van der Waals surface area contributed by atoms with E-state index in [1.807, 2.05) is 0 Å². The highest BCUT2D eigenvalue weighted by Gasteiger charge is 2.08. The van der Waals surface area contributed by atoms with Gasteiger partial charge in [-0.25, -0.2) is 9.07 Å². The largest absolute Gasteiger partial charge is 0.394 e. The lowest BCUT2D eigenvalue weighted by Gasteiger charge is -2.06. The standard InChI is InChI=1S/C12H14FN5O2/c13-10-2-1-8(12(14)20)5-11(10)15-6-9-7-18(3-4-19)17-16-9/h1-2,5,7,15,19H,3-4,6H2,(H2,14,20). The first-order valence-electron chi connectivity index (χ1n) is 5.93. The van der Waals surface area contributed by atoms with E-state index in [9.17, 15) is 9.18 Å². The fraction of sp³-hybridized carbons (Fsp3) is 0.250. The number of anilines is 1. The molecular weight excluding hydrogens is 265 g/mol. The Balaban J connectivity index is 2.05. The molecule has 2 aromatic rings. The van der Waals surface area contributed by atoms with Crippen molar-refractivity contribution in [2.24, 2.45) is 5.73 Å². The average Bonchev–Trinajstić information content (AvgIpc) is 2.86. The third-order valence-electron chi connectivity index (χ3n) is 2.63. The molecular formula is C12H14FN5O2. The Morgan fingerprint density at radius 2 is 2.30 bits per heavy atom. The SMILES string of the molecule is NC(=O)c1ccc(F)c(NCc2cn(CCO)nn2)c1. The number of hydrogen-bond donors (Lipinski definition) is 3. The highest BCUT2D eigenvalue weighted by molar-refractivity contribution is 5.93. The van der Waals surface area contributed by atoms with Crippen LogP contribution in [0.4, 0.5) is 10.1 Å². The fourth-order valence-corrected chi connectivity index (χ4v) is 1.63. The van der Waals surface area contributed by atoms with Gasteiger partial charge in [0.2, 0.25) is 5.91 Å². The molecule has 2 rings (SSSR count). The first-order valence-corrected chi connectivity index (χ1v) is 5.93. The molecule has 0 atom stereocenters. The van der Waals surface area contributed by atoms with E-state index in [1.165, 1.54) is 22.9 Å². The molecule has 0 fully saturated rings. The lowest BCUT2D eigenvalue weighted by atomic mass is 10.2. The van der Waals surface area contributed by atoms with E-state index in [4.69, 9.17) is 10.8 Å². The van der Waals surface area contributed by atoms with E-state index in [-0.39, 0.29) is 24.4 Å². The zero-order valence-electron chi connectivity index (χ0n) is 10.6. The Hall–Kier alpha value is -2.48. The molecule has 0 bridgehead atoms. The zero-order valence-corrected chi connectivity index (χ0v) is 10.6. The number of rotatable bonds is 6. The summed E-state index contributed by atoms with van der Waals surface area (Å²) < 4.78 is 15.1. The molecule has 0 aliphatic carbocycles. The van der Waals surface area contributed by atoms with Crippen LogP contribution in [0.1, 0.15) is 16.1 Å². The topological polar surface area (TPSA) is 106 Å². The molecule has 1 amide bonds. The number of amides is 1. The molecule has 0 spiro atoms. The van der Waals surface area contributed by atoms with Gasteiger partial charge in [0.05, 0.1) is 31.6 Å². The Labute approximate surface area is 114 Å². The first-order chi connectivity index (χ1) is 9.60. The number of nitrogens with one attached hydrogen (secondary N) is 1. The average molecular weight is 279 g/mol. The Morgan fingerprint density at radius 3 is 3.00 bits per heavy atom. The summed E-state index contributed by atoms with van der Waals surface area (Å²) in [5.74, 6) is -1.11. The Kier molecular flexibility index (Phi) is 4.26. The number of aliphatic hydroxyl groups is 1. The molecule has 106 valence electrons. The van der Waals surface area contributed by atoms with Gasteiger partial charge in [0.1, 0.15) is 11.5 Å². The monoisotopic (exact) mass is 279 g/mol. The van der Waals surface area contributed by atoms with E-state index in [2.05, 4.69) is 15.6 Å². The van der Waals surface area contributed by atoms with Crippen molar-refractivity contribution in [1.29, 1.82) is 0 Å². The second-order valence-corrected chi connectivity index (χ2v) is 4.11. The predicted molar refractivity (Wildman–Crippen MR) is 69.4 cm³/mol. The smallest absolute Gasteiger partial charge is 0.248 e. The highest BCUT2D eigenvalue weighted by atomic mass is 19.1. The van der Waals surface area contributed by atoms with Crippen molar-refractivity contribution in [2.45, 2.75) is 13.1 Å². The van der Waals surface area contributed by atoms with Crippen molar-refractivity contribution in [2.75, 3.05) is 11.9 Å². The maximum Gasteiger partial charge on any atom is 0.248 e. The van der Waals surface area contributed by atoms with Crippen molar-refractivity contribution in [3.05, 3.63) is 41.5 Å². The van der Waals surface area contributed by atoms with Crippen LogP contribution in [0.15, 0.2) is 24.4 Å². The molecule has 0 aliphatic heterocycles. The minimum atomic E-state index is -0.623. The van der Waals surface area contributed by atoms with Gasteiger partial charge in [0.25, 0.3) is 0 Å². The minimum absolute atomic E-state index is 0.0362. The molecule has 1 aromatic carbocycles. The summed E-state index contributed by atoms with van der Waals surface area (Å²) in [5.41, 5.74) is 6.11. The molecule has 7 nitrogen and oxygen atoms in total. The number of nitrogens with zero attached hydrogens (tertiary/aromatic N) is 3. The molecule has 20 heavy (non-hydrogen) atoms. The van der Waals surface area contributed by atoms with Crippen LogP contribution in [-0.2, 0) is 13.1 Å². The quantitative estimate of drug-likeness (QED) is 0.696. The van der Waals surface area contributed by atoms with Crippen molar-refractivity contribution < 1.29 is 14.3 Å². The van der Waals surface area contributed by atoms with Crippen LogP contribution in [0.3, 0.4) is 0 Å². The number of halogens is 1. The van der Waals surface area contributed by atoms with Gasteiger partial charge in [-0.1, -0.05) is 5.21 Å². The van der Waals surface area contributed by atoms with Crippen LogP contribution in [0, 0.1) is 5.82 Å². The van der Waals surface area contributed by atoms with Crippen LogP contribution in [-0.4, -0.2) is 32.6 Å². The van der Waals surface area contributed by atoms with Gasteiger partial charge in [-0.3, -0.25) is 4.79 Å². The van der Waals surface area contributed by atoms with Crippen molar-refractivity contribution >= 4 is 11.6 Å². The van der Waals surface area contributed by atoms with Crippen LogP contribution in [0.25, 0.3) is 0 Å². The number of benzene rings is 1. The molecule has 0 saturated heterocycles. The molecule has 0 aliphatic rings. The lowest BCUT2D eigenvalue weighted by molar-refractivity contribution is 0.100. The second kappa shape index (κ2) is 6.11. The maximum absolute atomic E-state index is 13.6. The Bertz CT molecular complexity index is 614. The summed E-state index contributed by atoms with van der Waals surface area (Å²) in [6.07, 6.45) is 1.64. The summed E-state index contributed by atoms with van der Waals surface area (Å²) >= 11 is 0. The number of aromatic nitrogens is 3. The number of nitrogens with two attached hydrogens (primary N) is 1. The summed E-state index contributed by atoms with van der Waals surface area (Å²) in [6.45, 7) is 0.550. The summed E-state index contributed by atoms with van der Waals surface area (Å²) in [7, 11) is 0. The van der Waals surface area contributed by atoms with Gasteiger partial charge in [0.15, 0.2) is 0 Å². The highest BCUT2D eigenvalue weighted by Crippen LogP contribution is 2.16. The van der Waals surface area contributed by atoms with Crippen LogP contribution < -0.4 is 11.1 Å². The predicted octanol–water partition coefficient (Wildman–Crippen LogP) is 0.120. The third-order valence-corrected chi connectivity index (χ3v) is 2.63. The van der Waals surface area contributed by atoms with Crippen molar-refractivity contribution in [3.63, 3.8) is 0 Å². The summed E-state index contributed by atoms with van der Waals surface area (Å²) in [5, 5.41) is 19.2. The molecule has 0 saturated carbocycles. The molecule has 1 heterocycles. The van der Waals surface area contributed by atoms with Gasteiger partial charge in [-0.05, 0) is 18.2 Å². The van der Waals surface area contributed by atoms with Gasteiger partial charge >= 0.3 is 0 Å². The van der Waals surface area contributed by atoms with Gasteiger partial charge < -0.3 is 16.2 Å².